The molecule has 0 spiro atoms. The molecule has 81 heavy (non-hydrogen) atoms. The van der Waals surface area contributed by atoms with Crippen LogP contribution in [0.4, 0.5) is 0 Å². The highest BCUT2D eigenvalue weighted by Gasteiger charge is 2.19. The first-order valence-corrected chi connectivity index (χ1v) is 35.8. The summed E-state index contributed by atoms with van der Waals surface area (Å²) in [6.07, 6.45) is 89.5. The van der Waals surface area contributed by atoms with Gasteiger partial charge in [0.2, 0.25) is 0 Å². The maximum absolute atomic E-state index is 13.0. The smallest absolute Gasteiger partial charge is 0.306 e. The lowest BCUT2D eigenvalue weighted by molar-refractivity contribution is -0.167. The van der Waals surface area contributed by atoms with Crippen molar-refractivity contribution in [2.45, 2.75) is 386 Å². The Bertz CT molecular complexity index is 1440. The quantitative estimate of drug-likeness (QED) is 0.0261. The van der Waals surface area contributed by atoms with Gasteiger partial charge in [-0.05, 0) is 89.9 Å². The third-order valence-corrected chi connectivity index (χ3v) is 16.0. The third-order valence-electron chi connectivity index (χ3n) is 16.0. The number of ether oxygens (including phenoxy) is 3. The molecule has 0 aliphatic rings. The molecule has 0 N–H and O–H groups in total. The highest BCUT2D eigenvalue weighted by atomic mass is 16.6. The lowest BCUT2D eigenvalue weighted by atomic mass is 10.0. The van der Waals surface area contributed by atoms with Gasteiger partial charge in [0.05, 0.1) is 0 Å². The summed E-state index contributed by atoms with van der Waals surface area (Å²) in [5.41, 5.74) is 0. The number of rotatable bonds is 66. The van der Waals surface area contributed by atoms with Gasteiger partial charge in [0, 0.05) is 19.3 Å². The molecule has 0 fully saturated rings. The van der Waals surface area contributed by atoms with Crippen molar-refractivity contribution in [2.24, 2.45) is 0 Å². The van der Waals surface area contributed by atoms with Gasteiger partial charge < -0.3 is 14.2 Å². The largest absolute Gasteiger partial charge is 0.462 e. The number of hydrogen-bond acceptors (Lipinski definition) is 6. The van der Waals surface area contributed by atoms with Crippen molar-refractivity contribution in [3.8, 4) is 0 Å². The van der Waals surface area contributed by atoms with Crippen LogP contribution in [-0.2, 0) is 28.6 Å². The van der Waals surface area contributed by atoms with E-state index in [2.05, 4.69) is 81.5 Å². The second-order valence-electron chi connectivity index (χ2n) is 24.1. The Labute approximate surface area is 504 Å². The van der Waals surface area contributed by atoms with Crippen molar-refractivity contribution in [1.82, 2.24) is 0 Å². The molecule has 6 heteroatoms. The lowest BCUT2D eigenvalue weighted by Gasteiger charge is -2.18. The molecule has 6 nitrogen and oxygen atoms in total. The van der Waals surface area contributed by atoms with Gasteiger partial charge in [0.25, 0.3) is 0 Å². The molecular formula is C75H136O6. The van der Waals surface area contributed by atoms with E-state index in [-0.39, 0.29) is 31.1 Å². The summed E-state index contributed by atoms with van der Waals surface area (Å²) in [6, 6.07) is 0. The number of carbonyl (C=O) groups is 3. The van der Waals surface area contributed by atoms with Crippen LogP contribution < -0.4 is 0 Å². The van der Waals surface area contributed by atoms with Crippen LogP contribution in [0.25, 0.3) is 0 Å². The molecular weight excluding hydrogens is 997 g/mol. The van der Waals surface area contributed by atoms with Crippen LogP contribution in [0, 0.1) is 0 Å². The van der Waals surface area contributed by atoms with E-state index in [1.165, 1.54) is 257 Å². The highest BCUT2D eigenvalue weighted by Crippen LogP contribution is 2.18. The van der Waals surface area contributed by atoms with E-state index in [0.29, 0.717) is 19.3 Å². The van der Waals surface area contributed by atoms with E-state index in [9.17, 15) is 14.4 Å². The zero-order valence-corrected chi connectivity index (χ0v) is 54.3. The summed E-state index contributed by atoms with van der Waals surface area (Å²) >= 11 is 0. The Morgan fingerprint density at radius 1 is 0.247 bits per heavy atom. The molecule has 1 atom stereocenters. The van der Waals surface area contributed by atoms with Crippen molar-refractivity contribution in [1.29, 1.82) is 0 Å². The van der Waals surface area contributed by atoms with Crippen molar-refractivity contribution in [2.75, 3.05) is 13.2 Å². The number of hydrogen-bond donors (Lipinski definition) is 0. The molecule has 1 unspecified atom stereocenters. The Balaban J connectivity index is 4.30. The Morgan fingerprint density at radius 2 is 0.444 bits per heavy atom. The second kappa shape index (κ2) is 69.6. The first-order valence-electron chi connectivity index (χ1n) is 35.8. The van der Waals surface area contributed by atoms with E-state index in [4.69, 9.17) is 14.2 Å². The van der Waals surface area contributed by atoms with Gasteiger partial charge in [-0.1, -0.05) is 332 Å². The van der Waals surface area contributed by atoms with E-state index in [1.54, 1.807) is 0 Å². The monoisotopic (exact) mass is 1130 g/mol. The summed E-state index contributed by atoms with van der Waals surface area (Å²) in [7, 11) is 0. The molecule has 0 bridgehead atoms. The zero-order valence-electron chi connectivity index (χ0n) is 54.3. The first kappa shape index (κ1) is 78.1. The minimum atomic E-state index is -0.778. The van der Waals surface area contributed by atoms with Crippen molar-refractivity contribution in [3.63, 3.8) is 0 Å². The van der Waals surface area contributed by atoms with Crippen LogP contribution in [0.2, 0.25) is 0 Å². The molecule has 0 radical (unpaired) electrons. The summed E-state index contributed by atoms with van der Waals surface area (Å²) in [5, 5.41) is 0. The standard InChI is InChI=1S/C75H136O6/c1-4-7-10-13-16-19-22-25-28-31-33-34-35-36-37-38-39-40-42-44-47-50-53-56-59-62-65-68-74(77)80-71-72(70-79-73(76)67-64-61-58-55-52-49-46-43-30-27-24-21-18-15-12-9-6-3)81-75(78)69-66-63-60-57-54-51-48-45-41-32-29-26-23-20-17-14-11-8-5-2/h18,21-22,25,27,30-31,33,35-36,72H,4-17,19-20,23-24,26,28-29,32,34,37-71H2,1-3H3/b21-18-,25-22-,30-27-,33-31-,36-35-. The van der Waals surface area contributed by atoms with Crippen molar-refractivity contribution < 1.29 is 28.6 Å². The molecule has 0 heterocycles. The molecule has 0 aromatic heterocycles. The molecule has 0 aromatic carbocycles. The summed E-state index contributed by atoms with van der Waals surface area (Å²) in [6.45, 7) is 6.66. The van der Waals surface area contributed by atoms with Crippen LogP contribution in [0.5, 0.6) is 0 Å². The molecule has 0 aliphatic heterocycles. The number of carbonyl (C=O) groups excluding carboxylic acids is 3. The van der Waals surface area contributed by atoms with Gasteiger partial charge in [-0.15, -0.1) is 0 Å². The lowest BCUT2D eigenvalue weighted by Crippen LogP contribution is -2.30. The van der Waals surface area contributed by atoms with Crippen LogP contribution in [0.3, 0.4) is 0 Å². The van der Waals surface area contributed by atoms with E-state index < -0.39 is 6.10 Å². The normalized spacial score (nSPS) is 12.4. The van der Waals surface area contributed by atoms with Gasteiger partial charge in [0.15, 0.2) is 6.10 Å². The molecule has 472 valence electrons. The fraction of sp³-hybridized carbons (Fsp3) is 0.827. The SMILES string of the molecule is CCCCC/C=C\C/C=C\CCCCCCCCCC(=O)OCC(COC(=O)CCCCCCCCCCCCCC/C=C\C/C=C\C/C=C\CCCCCCC)OC(=O)CCCCCCCCCCCCCCCCCCCCC. The second-order valence-corrected chi connectivity index (χ2v) is 24.1. The topological polar surface area (TPSA) is 78.9 Å². The predicted octanol–water partition coefficient (Wildman–Crippen LogP) is 24.7. The van der Waals surface area contributed by atoms with Crippen molar-refractivity contribution in [3.05, 3.63) is 60.8 Å². The van der Waals surface area contributed by atoms with Gasteiger partial charge >= 0.3 is 17.9 Å². The zero-order chi connectivity index (χ0) is 58.5. The molecule has 0 saturated carbocycles. The van der Waals surface area contributed by atoms with Gasteiger partial charge in [-0.2, -0.15) is 0 Å². The van der Waals surface area contributed by atoms with Gasteiger partial charge in [-0.25, -0.2) is 0 Å². The van der Waals surface area contributed by atoms with E-state index in [0.717, 1.165) is 83.5 Å². The maximum atomic E-state index is 13.0. The summed E-state index contributed by atoms with van der Waals surface area (Å²) in [5.74, 6) is -0.857. The highest BCUT2D eigenvalue weighted by molar-refractivity contribution is 5.71. The Morgan fingerprint density at radius 3 is 0.716 bits per heavy atom. The van der Waals surface area contributed by atoms with E-state index >= 15 is 0 Å². The number of allylic oxidation sites excluding steroid dienone is 10. The number of unbranched alkanes of at least 4 members (excludes halogenated alkanes) is 45. The van der Waals surface area contributed by atoms with Gasteiger partial charge in [0.1, 0.15) is 13.2 Å². The van der Waals surface area contributed by atoms with Crippen LogP contribution in [0.1, 0.15) is 380 Å². The maximum Gasteiger partial charge on any atom is 0.306 e. The third kappa shape index (κ3) is 67.8. The molecule has 0 aliphatic carbocycles. The van der Waals surface area contributed by atoms with Crippen LogP contribution in [0.15, 0.2) is 60.8 Å². The number of esters is 3. The molecule has 0 saturated heterocycles. The van der Waals surface area contributed by atoms with E-state index in [1.807, 2.05) is 0 Å². The van der Waals surface area contributed by atoms with Crippen LogP contribution in [-0.4, -0.2) is 37.2 Å². The fourth-order valence-corrected chi connectivity index (χ4v) is 10.6. The first-order chi connectivity index (χ1) is 40.0. The predicted molar refractivity (Wildman–Crippen MR) is 353 cm³/mol. The minimum absolute atomic E-state index is 0.0737. The molecule has 0 amide bonds. The summed E-state index contributed by atoms with van der Waals surface area (Å²) in [4.78, 5) is 38.5. The van der Waals surface area contributed by atoms with Crippen molar-refractivity contribution >= 4 is 17.9 Å². The average molecular weight is 1130 g/mol. The fourth-order valence-electron chi connectivity index (χ4n) is 10.6. The Hall–Kier alpha value is -2.89. The summed E-state index contributed by atoms with van der Waals surface area (Å²) < 4.78 is 17.0. The molecule has 0 aromatic rings. The average Bonchev–Trinajstić information content (AvgIpc) is 3.47. The molecule has 0 rings (SSSR count). The van der Waals surface area contributed by atoms with Gasteiger partial charge in [-0.3, -0.25) is 14.4 Å². The van der Waals surface area contributed by atoms with Crippen LogP contribution >= 0.6 is 0 Å². The Kier molecular flexibility index (Phi) is 67.1. The minimum Gasteiger partial charge on any atom is -0.462 e.